The first-order valence-corrected chi connectivity index (χ1v) is 12.2. The zero-order valence-corrected chi connectivity index (χ0v) is 18.7. The Balaban J connectivity index is 1.30. The summed E-state index contributed by atoms with van der Waals surface area (Å²) >= 11 is 2.96. The van der Waals surface area contributed by atoms with Crippen LogP contribution in [0, 0.1) is 0 Å². The van der Waals surface area contributed by atoms with E-state index >= 15 is 0 Å². The fourth-order valence-electron chi connectivity index (χ4n) is 4.11. The van der Waals surface area contributed by atoms with Gasteiger partial charge in [-0.2, -0.15) is 9.61 Å². The van der Waals surface area contributed by atoms with Crippen molar-refractivity contribution >= 4 is 44.9 Å². The number of likely N-dealkylation sites (tertiary alicyclic amines) is 1. The summed E-state index contributed by atoms with van der Waals surface area (Å²) in [6.45, 7) is 1.06. The average molecular weight is 468 g/mol. The predicted molar refractivity (Wildman–Crippen MR) is 121 cm³/mol. The van der Waals surface area contributed by atoms with Gasteiger partial charge in [0.05, 0.1) is 22.0 Å². The highest BCUT2D eigenvalue weighted by Gasteiger charge is 2.34. The monoisotopic (exact) mass is 467 g/mol. The number of carbonyl (C=O) groups is 1. The largest absolute Gasteiger partial charge is 0.392 e. The molecule has 9 nitrogen and oxygen atoms in total. The maximum atomic E-state index is 12.2. The summed E-state index contributed by atoms with van der Waals surface area (Å²) in [5.41, 5.74) is 8.34. The minimum Gasteiger partial charge on any atom is -0.392 e. The van der Waals surface area contributed by atoms with Crippen molar-refractivity contribution in [3.63, 3.8) is 0 Å². The van der Waals surface area contributed by atoms with Crippen LogP contribution in [-0.4, -0.2) is 59.9 Å². The van der Waals surface area contributed by atoms with Crippen LogP contribution in [0.1, 0.15) is 41.9 Å². The lowest BCUT2D eigenvalue weighted by Crippen LogP contribution is -2.36. The molecule has 1 amide bonds. The molecule has 0 radical (unpaired) electrons. The van der Waals surface area contributed by atoms with Crippen molar-refractivity contribution in [3.05, 3.63) is 41.0 Å². The van der Waals surface area contributed by atoms with Gasteiger partial charge in [0, 0.05) is 23.9 Å². The van der Waals surface area contributed by atoms with Gasteiger partial charge in [0.2, 0.25) is 11.1 Å². The van der Waals surface area contributed by atoms with Gasteiger partial charge in [-0.05, 0) is 61.4 Å². The third-order valence-corrected chi connectivity index (χ3v) is 7.90. The van der Waals surface area contributed by atoms with E-state index < -0.39 is 18.1 Å². The van der Waals surface area contributed by atoms with Crippen molar-refractivity contribution in [2.45, 2.75) is 47.4 Å². The molecule has 4 heterocycles. The van der Waals surface area contributed by atoms with Crippen LogP contribution in [0.2, 0.25) is 0 Å². The molecule has 164 valence electrons. The Morgan fingerprint density at radius 3 is 2.84 bits per heavy atom. The highest BCUT2D eigenvalue weighted by atomic mass is 32.2. The summed E-state index contributed by atoms with van der Waals surface area (Å²) in [5, 5.41) is 24.5. The maximum Gasteiger partial charge on any atom is 0.241 e. The zero-order valence-electron chi connectivity index (χ0n) is 17.1. The number of fused-ring (bicyclic) bond motifs is 2. The van der Waals surface area contributed by atoms with E-state index in [9.17, 15) is 9.90 Å². The van der Waals surface area contributed by atoms with Crippen LogP contribution < -0.4 is 5.73 Å². The third kappa shape index (κ3) is 3.64. The normalized spacial score (nSPS) is 20.3. The fraction of sp³-hybridized carbons (Fsp3) is 0.381. The number of hydrogen-bond donors (Lipinski definition) is 2. The Hall–Kier alpha value is -2.60. The van der Waals surface area contributed by atoms with Crippen molar-refractivity contribution in [2.24, 2.45) is 5.73 Å². The fourth-order valence-corrected chi connectivity index (χ4v) is 6.16. The highest BCUT2D eigenvalue weighted by molar-refractivity contribution is 7.99. The van der Waals surface area contributed by atoms with E-state index in [0.717, 1.165) is 26.5 Å². The van der Waals surface area contributed by atoms with Crippen LogP contribution in [0.4, 0.5) is 0 Å². The van der Waals surface area contributed by atoms with E-state index in [1.807, 2.05) is 39.7 Å². The number of nitrogens with zero attached hydrogens (tertiary/aromatic N) is 6. The lowest BCUT2D eigenvalue weighted by atomic mass is 10.2. The van der Waals surface area contributed by atoms with Crippen molar-refractivity contribution < 1.29 is 9.90 Å². The van der Waals surface area contributed by atoms with Gasteiger partial charge in [0.1, 0.15) is 11.0 Å². The highest BCUT2D eigenvalue weighted by Crippen LogP contribution is 2.39. The number of thiazole rings is 1. The van der Waals surface area contributed by atoms with Crippen molar-refractivity contribution in [1.82, 2.24) is 29.7 Å². The summed E-state index contributed by atoms with van der Waals surface area (Å²) < 4.78 is 2.78. The molecular formula is C21H21N7O2S2. The van der Waals surface area contributed by atoms with Gasteiger partial charge in [-0.3, -0.25) is 9.69 Å². The predicted octanol–water partition coefficient (Wildman–Crippen LogP) is 2.36. The number of rotatable bonds is 6. The number of β-amino-alcohol motifs (C(OH)–C–C–N with tert-alkyl or cyclic N) is 1. The molecule has 11 heteroatoms. The van der Waals surface area contributed by atoms with Gasteiger partial charge >= 0.3 is 0 Å². The van der Waals surface area contributed by atoms with Crippen LogP contribution in [0.25, 0.3) is 15.9 Å². The van der Waals surface area contributed by atoms with E-state index in [1.165, 1.54) is 35.9 Å². The molecule has 2 unspecified atom stereocenters. The standard InChI is InChI=1S/C21H21N7O2S2/c22-19(30)18(27-8-7-12(29)10-27)20-23-15-4-3-13(9-16(15)32-20)31-21-25-24-17-6-5-14(11-1-2-11)26-28(17)21/h3-6,9,11-12,18,29H,1-2,7-8,10H2,(H2,22,30). The molecule has 2 aliphatic rings. The Bertz CT molecular complexity index is 1330. The second-order valence-corrected chi connectivity index (χ2v) is 10.4. The quantitative estimate of drug-likeness (QED) is 0.443. The summed E-state index contributed by atoms with van der Waals surface area (Å²) in [6.07, 6.45) is 2.59. The SMILES string of the molecule is NC(=O)C(c1nc2ccc(Sc3nnc4ccc(C5CC5)nn34)cc2s1)N1CCC(O)C1. The zero-order chi connectivity index (χ0) is 21.8. The van der Waals surface area contributed by atoms with E-state index in [0.29, 0.717) is 35.6 Å². The van der Waals surface area contributed by atoms with Crippen LogP contribution in [-0.2, 0) is 4.79 Å². The van der Waals surface area contributed by atoms with E-state index in [4.69, 9.17) is 10.8 Å². The lowest BCUT2D eigenvalue weighted by molar-refractivity contribution is -0.123. The Kier molecular flexibility index (Phi) is 4.86. The van der Waals surface area contributed by atoms with Crippen LogP contribution in [0.15, 0.2) is 40.4 Å². The molecule has 2 fully saturated rings. The lowest BCUT2D eigenvalue weighted by Gasteiger charge is -2.22. The van der Waals surface area contributed by atoms with Crippen LogP contribution in [0.3, 0.4) is 0 Å². The number of carbonyl (C=O) groups excluding carboxylic acids is 1. The number of amides is 1. The molecule has 1 saturated heterocycles. The summed E-state index contributed by atoms with van der Waals surface area (Å²) in [6, 6.07) is 9.36. The van der Waals surface area contributed by atoms with E-state index in [1.54, 1.807) is 0 Å². The molecule has 0 bridgehead atoms. The van der Waals surface area contributed by atoms with Gasteiger partial charge in [0.25, 0.3) is 0 Å². The second kappa shape index (κ2) is 7.77. The number of aliphatic hydroxyl groups is 1. The molecule has 2 atom stereocenters. The number of benzene rings is 1. The molecule has 6 rings (SSSR count). The van der Waals surface area contributed by atoms with Gasteiger partial charge in [0.15, 0.2) is 5.65 Å². The smallest absolute Gasteiger partial charge is 0.241 e. The van der Waals surface area contributed by atoms with Gasteiger partial charge < -0.3 is 10.8 Å². The first-order valence-electron chi connectivity index (χ1n) is 10.6. The average Bonchev–Trinajstić information content (AvgIpc) is 3.23. The van der Waals surface area contributed by atoms with Crippen molar-refractivity contribution in [3.8, 4) is 0 Å². The summed E-state index contributed by atoms with van der Waals surface area (Å²) in [4.78, 5) is 19.8. The maximum absolute atomic E-state index is 12.2. The van der Waals surface area contributed by atoms with Gasteiger partial charge in [-0.1, -0.05) is 0 Å². The van der Waals surface area contributed by atoms with Crippen molar-refractivity contribution in [2.75, 3.05) is 13.1 Å². The first kappa shape index (κ1) is 20.0. The Morgan fingerprint density at radius 2 is 2.09 bits per heavy atom. The molecule has 1 aliphatic heterocycles. The topological polar surface area (TPSA) is 123 Å². The molecule has 0 spiro atoms. The molecule has 3 N–H and O–H groups in total. The molecule has 32 heavy (non-hydrogen) atoms. The van der Waals surface area contributed by atoms with Gasteiger partial charge in [-0.15, -0.1) is 21.5 Å². The minimum absolute atomic E-state index is 0.429. The van der Waals surface area contributed by atoms with Crippen LogP contribution in [0.5, 0.6) is 0 Å². The van der Waals surface area contributed by atoms with Crippen LogP contribution >= 0.6 is 23.1 Å². The third-order valence-electron chi connectivity index (χ3n) is 5.90. The summed E-state index contributed by atoms with van der Waals surface area (Å²) in [7, 11) is 0. The number of aliphatic hydroxyl groups excluding tert-OH is 1. The molecule has 1 aromatic carbocycles. The number of primary amides is 1. The van der Waals surface area contributed by atoms with E-state index in [2.05, 4.69) is 15.2 Å². The Morgan fingerprint density at radius 1 is 1.22 bits per heavy atom. The number of hydrogen-bond acceptors (Lipinski definition) is 9. The summed E-state index contributed by atoms with van der Waals surface area (Å²) in [5.74, 6) is 0.113. The molecule has 1 saturated carbocycles. The van der Waals surface area contributed by atoms with E-state index in [-0.39, 0.29) is 0 Å². The first-order chi connectivity index (χ1) is 15.5. The molecule has 3 aromatic heterocycles. The molecule has 1 aliphatic carbocycles. The second-order valence-electron chi connectivity index (χ2n) is 8.31. The van der Waals surface area contributed by atoms with Crippen molar-refractivity contribution in [1.29, 1.82) is 0 Å². The number of aromatic nitrogens is 5. The molecular weight excluding hydrogens is 446 g/mol. The van der Waals surface area contributed by atoms with Gasteiger partial charge in [-0.25, -0.2) is 4.98 Å². The minimum atomic E-state index is -0.619. The molecule has 4 aromatic rings. The Labute approximate surface area is 191 Å². The number of nitrogens with two attached hydrogens (primary N) is 1.